The molecule has 1 heteroatoms. The summed E-state index contributed by atoms with van der Waals surface area (Å²) >= 11 is 0. The maximum Gasteiger partial charge on any atom is 0.0927 e. The first-order chi connectivity index (χ1) is 8.72. The third kappa shape index (κ3) is 1.99. The minimum atomic E-state index is -0.508. The van der Waals surface area contributed by atoms with Gasteiger partial charge in [-0.25, -0.2) is 0 Å². The van der Waals surface area contributed by atoms with E-state index in [2.05, 4.69) is 31.2 Å². The molecule has 1 nitrogen and oxygen atoms in total. The highest BCUT2D eigenvalue weighted by Gasteiger charge is 2.50. The third-order valence-corrected chi connectivity index (χ3v) is 5.09. The molecule has 18 heavy (non-hydrogen) atoms. The predicted molar refractivity (Wildman–Crippen MR) is 74.4 cm³/mol. The highest BCUT2D eigenvalue weighted by Crippen LogP contribution is 2.55. The summed E-state index contributed by atoms with van der Waals surface area (Å²) in [6.45, 7) is 2.23. The highest BCUT2D eigenvalue weighted by atomic mass is 16.3. The van der Waals surface area contributed by atoms with Crippen molar-refractivity contribution in [3.63, 3.8) is 0 Å². The Morgan fingerprint density at radius 2 is 2.00 bits per heavy atom. The second-order valence-corrected chi connectivity index (χ2v) is 6.30. The Morgan fingerprint density at radius 3 is 2.56 bits per heavy atom. The van der Waals surface area contributed by atoms with Crippen LogP contribution < -0.4 is 0 Å². The SMILES string of the molecule is CCCCc1ccc(C2(O)CC3CCC2C3)cc1. The summed E-state index contributed by atoms with van der Waals surface area (Å²) in [5, 5.41) is 10.9. The topological polar surface area (TPSA) is 20.2 Å². The van der Waals surface area contributed by atoms with E-state index in [1.807, 2.05) is 0 Å². The fourth-order valence-electron chi connectivity index (χ4n) is 4.00. The van der Waals surface area contributed by atoms with Crippen molar-refractivity contribution in [2.24, 2.45) is 11.8 Å². The van der Waals surface area contributed by atoms with E-state index in [0.29, 0.717) is 5.92 Å². The van der Waals surface area contributed by atoms with Gasteiger partial charge in [-0.1, -0.05) is 37.6 Å². The third-order valence-electron chi connectivity index (χ3n) is 5.09. The predicted octanol–water partition coefficient (Wildman–Crippen LogP) is 4.04. The van der Waals surface area contributed by atoms with Crippen LogP contribution in [0.2, 0.25) is 0 Å². The molecule has 1 aromatic rings. The summed E-state index contributed by atoms with van der Waals surface area (Å²) in [7, 11) is 0. The number of unbranched alkanes of at least 4 members (excludes halogenated alkanes) is 1. The number of aryl methyl sites for hydroxylation is 1. The van der Waals surface area contributed by atoms with Gasteiger partial charge >= 0.3 is 0 Å². The van der Waals surface area contributed by atoms with Crippen LogP contribution in [0.1, 0.15) is 56.6 Å². The zero-order valence-electron chi connectivity index (χ0n) is 11.4. The first-order valence-corrected chi connectivity index (χ1v) is 7.54. The van der Waals surface area contributed by atoms with Crippen molar-refractivity contribution in [1.29, 1.82) is 0 Å². The number of hydrogen-bond donors (Lipinski definition) is 1. The molecule has 2 aliphatic carbocycles. The van der Waals surface area contributed by atoms with E-state index in [1.54, 1.807) is 0 Å². The molecule has 3 unspecified atom stereocenters. The van der Waals surface area contributed by atoms with E-state index in [1.165, 1.54) is 44.1 Å². The lowest BCUT2D eigenvalue weighted by Crippen LogP contribution is -2.32. The van der Waals surface area contributed by atoms with Gasteiger partial charge in [-0.3, -0.25) is 0 Å². The second kappa shape index (κ2) is 4.70. The zero-order valence-corrected chi connectivity index (χ0v) is 11.4. The molecule has 1 N–H and O–H groups in total. The number of benzene rings is 1. The molecule has 2 saturated carbocycles. The van der Waals surface area contributed by atoms with Crippen molar-refractivity contribution in [1.82, 2.24) is 0 Å². The van der Waals surface area contributed by atoms with Gasteiger partial charge in [0.1, 0.15) is 0 Å². The monoisotopic (exact) mass is 244 g/mol. The molecular formula is C17H24O. The van der Waals surface area contributed by atoms with Crippen LogP contribution in [0.3, 0.4) is 0 Å². The molecule has 2 aliphatic rings. The van der Waals surface area contributed by atoms with Crippen LogP contribution in [0.15, 0.2) is 24.3 Å². The number of hydrogen-bond acceptors (Lipinski definition) is 1. The smallest absolute Gasteiger partial charge is 0.0927 e. The second-order valence-electron chi connectivity index (χ2n) is 6.30. The standard InChI is InChI=1S/C17H24O/c1-2-3-4-13-5-8-15(9-6-13)17(18)12-14-7-10-16(17)11-14/h5-6,8-9,14,16,18H,2-4,7,10-12H2,1H3. The highest BCUT2D eigenvalue weighted by molar-refractivity contribution is 5.30. The van der Waals surface area contributed by atoms with Gasteiger partial charge in [0, 0.05) is 0 Å². The molecule has 2 bridgehead atoms. The molecule has 3 rings (SSSR count). The average molecular weight is 244 g/mol. The van der Waals surface area contributed by atoms with Gasteiger partial charge in [0.2, 0.25) is 0 Å². The van der Waals surface area contributed by atoms with Gasteiger partial charge in [-0.05, 0) is 61.5 Å². The number of rotatable bonds is 4. The van der Waals surface area contributed by atoms with E-state index in [-0.39, 0.29) is 0 Å². The summed E-state index contributed by atoms with van der Waals surface area (Å²) in [4.78, 5) is 0. The number of fused-ring (bicyclic) bond motifs is 2. The summed E-state index contributed by atoms with van der Waals surface area (Å²) in [5.41, 5.74) is 2.06. The minimum Gasteiger partial charge on any atom is -0.385 e. The lowest BCUT2D eigenvalue weighted by molar-refractivity contribution is -0.0182. The summed E-state index contributed by atoms with van der Waals surface area (Å²) in [6, 6.07) is 8.78. The molecule has 98 valence electrons. The Kier molecular flexibility index (Phi) is 3.19. The van der Waals surface area contributed by atoms with Crippen LogP contribution in [0.5, 0.6) is 0 Å². The molecule has 1 aromatic carbocycles. The van der Waals surface area contributed by atoms with Crippen LogP contribution >= 0.6 is 0 Å². The lowest BCUT2D eigenvalue weighted by Gasteiger charge is -2.33. The maximum atomic E-state index is 10.9. The van der Waals surface area contributed by atoms with Gasteiger partial charge in [0.05, 0.1) is 5.60 Å². The van der Waals surface area contributed by atoms with Crippen LogP contribution in [-0.2, 0) is 12.0 Å². The Hall–Kier alpha value is -0.820. The van der Waals surface area contributed by atoms with Crippen molar-refractivity contribution < 1.29 is 5.11 Å². The van der Waals surface area contributed by atoms with Crippen molar-refractivity contribution >= 4 is 0 Å². The normalized spacial score (nSPS) is 34.1. The Morgan fingerprint density at radius 1 is 1.22 bits per heavy atom. The van der Waals surface area contributed by atoms with Crippen molar-refractivity contribution in [2.75, 3.05) is 0 Å². The van der Waals surface area contributed by atoms with Gasteiger partial charge in [-0.15, -0.1) is 0 Å². The minimum absolute atomic E-state index is 0.508. The molecule has 0 aromatic heterocycles. The van der Waals surface area contributed by atoms with E-state index in [0.717, 1.165) is 17.9 Å². The first kappa shape index (κ1) is 12.2. The molecule has 0 saturated heterocycles. The van der Waals surface area contributed by atoms with Gasteiger partial charge in [-0.2, -0.15) is 0 Å². The quantitative estimate of drug-likeness (QED) is 0.847. The Balaban J connectivity index is 1.76. The van der Waals surface area contributed by atoms with Gasteiger partial charge in [0.25, 0.3) is 0 Å². The molecule has 0 radical (unpaired) electrons. The molecule has 0 aliphatic heterocycles. The molecular weight excluding hydrogens is 220 g/mol. The largest absolute Gasteiger partial charge is 0.385 e. The Labute approximate surface area is 110 Å². The summed E-state index contributed by atoms with van der Waals surface area (Å²) < 4.78 is 0. The van der Waals surface area contributed by atoms with Crippen molar-refractivity contribution in [3.05, 3.63) is 35.4 Å². The van der Waals surface area contributed by atoms with E-state index < -0.39 is 5.60 Å². The van der Waals surface area contributed by atoms with Gasteiger partial charge in [0.15, 0.2) is 0 Å². The van der Waals surface area contributed by atoms with E-state index in [4.69, 9.17) is 0 Å². The van der Waals surface area contributed by atoms with Gasteiger partial charge < -0.3 is 5.11 Å². The first-order valence-electron chi connectivity index (χ1n) is 7.54. The average Bonchev–Trinajstić information content (AvgIpc) is 2.97. The molecule has 0 spiro atoms. The fourth-order valence-corrected chi connectivity index (χ4v) is 4.00. The molecule has 3 atom stereocenters. The van der Waals surface area contributed by atoms with Crippen LogP contribution in [-0.4, -0.2) is 5.11 Å². The van der Waals surface area contributed by atoms with E-state index >= 15 is 0 Å². The molecule has 0 heterocycles. The maximum absolute atomic E-state index is 10.9. The Bertz CT molecular complexity index is 408. The molecule has 0 amide bonds. The summed E-state index contributed by atoms with van der Waals surface area (Å²) in [5.74, 6) is 1.30. The number of aliphatic hydroxyl groups is 1. The van der Waals surface area contributed by atoms with Crippen molar-refractivity contribution in [2.45, 2.75) is 57.5 Å². The lowest BCUT2D eigenvalue weighted by atomic mass is 9.79. The summed E-state index contributed by atoms with van der Waals surface area (Å²) in [6.07, 6.45) is 8.46. The van der Waals surface area contributed by atoms with E-state index in [9.17, 15) is 5.11 Å². The molecule has 2 fully saturated rings. The zero-order chi connectivity index (χ0) is 12.6. The van der Waals surface area contributed by atoms with Crippen LogP contribution in [0.25, 0.3) is 0 Å². The van der Waals surface area contributed by atoms with Crippen molar-refractivity contribution in [3.8, 4) is 0 Å². The van der Waals surface area contributed by atoms with Crippen LogP contribution in [0, 0.1) is 11.8 Å². The van der Waals surface area contributed by atoms with Crippen LogP contribution in [0.4, 0.5) is 0 Å². The fraction of sp³-hybridized carbons (Fsp3) is 0.647.